The second-order valence-corrected chi connectivity index (χ2v) is 9.76. The lowest BCUT2D eigenvalue weighted by Crippen LogP contribution is -2.44. The number of rotatable bonds is 5. The van der Waals surface area contributed by atoms with Crippen molar-refractivity contribution in [3.05, 3.63) is 89.3 Å². The van der Waals surface area contributed by atoms with Gasteiger partial charge in [0.1, 0.15) is 5.75 Å². The molecule has 0 amide bonds. The van der Waals surface area contributed by atoms with Crippen molar-refractivity contribution in [1.82, 2.24) is 20.5 Å². The number of benzene rings is 2. The highest BCUT2D eigenvalue weighted by molar-refractivity contribution is 7.80. The van der Waals surface area contributed by atoms with Gasteiger partial charge < -0.3 is 10.1 Å². The van der Waals surface area contributed by atoms with E-state index in [9.17, 15) is 13.2 Å². The van der Waals surface area contributed by atoms with E-state index in [1.807, 2.05) is 12.1 Å². The predicted octanol–water partition coefficient (Wildman–Crippen LogP) is 5.86. The van der Waals surface area contributed by atoms with Crippen LogP contribution in [0.3, 0.4) is 0 Å². The number of hydrogen-bond donors (Lipinski definition) is 2. The smallest absolute Gasteiger partial charge is 0.406 e. The summed E-state index contributed by atoms with van der Waals surface area (Å²) in [6.45, 7) is 4.22. The Morgan fingerprint density at radius 3 is 2.68 bits per heavy atom. The van der Waals surface area contributed by atoms with Crippen LogP contribution in [-0.2, 0) is 12.8 Å². The van der Waals surface area contributed by atoms with Crippen molar-refractivity contribution in [2.45, 2.75) is 39.1 Å². The van der Waals surface area contributed by atoms with Crippen LogP contribution >= 0.6 is 12.2 Å². The second-order valence-electron chi connectivity index (χ2n) is 9.35. The Morgan fingerprint density at radius 1 is 1.16 bits per heavy atom. The Balaban J connectivity index is 1.26. The van der Waals surface area contributed by atoms with E-state index < -0.39 is 6.36 Å². The minimum absolute atomic E-state index is 0.139. The van der Waals surface area contributed by atoms with Crippen LogP contribution in [0.2, 0.25) is 0 Å². The van der Waals surface area contributed by atoms with Crippen LogP contribution < -0.4 is 15.5 Å². The number of nitrogens with one attached hydrogen (secondary N) is 2. The third-order valence-electron chi connectivity index (χ3n) is 6.69. The topological polar surface area (TPSA) is 63.5 Å². The molecule has 10 heteroatoms. The molecule has 0 fully saturated rings. The summed E-state index contributed by atoms with van der Waals surface area (Å²) in [6.07, 6.45) is 6.65. The molecule has 2 unspecified atom stereocenters. The third-order valence-corrected chi connectivity index (χ3v) is 6.90. The van der Waals surface area contributed by atoms with E-state index in [0.717, 1.165) is 35.2 Å². The molecule has 3 aromatic rings. The molecule has 2 aromatic carbocycles. The molecule has 0 saturated heterocycles. The van der Waals surface area contributed by atoms with Crippen molar-refractivity contribution in [1.29, 1.82) is 0 Å². The van der Waals surface area contributed by atoms with Crippen molar-refractivity contribution in [2.24, 2.45) is 11.0 Å². The zero-order chi connectivity index (χ0) is 26.9. The number of alkyl halides is 3. The monoisotopic (exact) mass is 537 g/mol. The lowest BCUT2D eigenvalue weighted by Gasteiger charge is -2.27. The number of hydrazone groups is 1. The summed E-state index contributed by atoms with van der Waals surface area (Å²) in [4.78, 5) is 0. The van der Waals surface area contributed by atoms with Gasteiger partial charge in [0, 0.05) is 5.56 Å². The number of thiocarbonyl (C=S) groups is 1. The molecule has 196 valence electrons. The number of aromatic nitrogens is 2. The summed E-state index contributed by atoms with van der Waals surface area (Å²) in [5.41, 5.74) is 10.0. The van der Waals surface area contributed by atoms with Gasteiger partial charge in [0.2, 0.25) is 0 Å². The molecule has 0 bridgehead atoms. The largest absolute Gasteiger partial charge is 0.573 e. The minimum atomic E-state index is -4.72. The van der Waals surface area contributed by atoms with Crippen LogP contribution in [0.5, 0.6) is 5.75 Å². The van der Waals surface area contributed by atoms with Gasteiger partial charge in [-0.15, -0.1) is 13.2 Å². The quantitative estimate of drug-likeness (QED) is 0.243. The van der Waals surface area contributed by atoms with Gasteiger partial charge in [0.15, 0.2) is 5.11 Å². The minimum Gasteiger partial charge on any atom is -0.406 e. The normalized spacial score (nSPS) is 18.5. The van der Waals surface area contributed by atoms with Gasteiger partial charge in [0.05, 0.1) is 29.8 Å². The molecule has 0 spiro atoms. The Labute approximate surface area is 223 Å². The Morgan fingerprint density at radius 2 is 1.95 bits per heavy atom. The predicted molar refractivity (Wildman–Crippen MR) is 145 cm³/mol. The van der Waals surface area contributed by atoms with E-state index in [4.69, 9.17) is 12.2 Å². The number of fused-ring (bicyclic) bond motifs is 3. The summed E-state index contributed by atoms with van der Waals surface area (Å²) < 4.78 is 43.1. The van der Waals surface area contributed by atoms with Crippen LogP contribution in [0.15, 0.2) is 77.6 Å². The molecule has 2 atom stereocenters. The Bertz CT molecular complexity index is 1440. The molecular formula is C28H26F3N5OS. The van der Waals surface area contributed by atoms with Crippen molar-refractivity contribution >= 4 is 23.5 Å². The number of allylic oxidation sites excluding steroid dienone is 2. The van der Waals surface area contributed by atoms with Crippen LogP contribution in [-0.4, -0.2) is 33.5 Å². The number of halogens is 3. The fourth-order valence-electron chi connectivity index (χ4n) is 4.86. The average Bonchev–Trinajstić information content (AvgIpc) is 3.30. The molecule has 1 aromatic heterocycles. The van der Waals surface area contributed by atoms with E-state index in [1.54, 1.807) is 29.2 Å². The van der Waals surface area contributed by atoms with Crippen LogP contribution in [0, 0.1) is 5.92 Å². The summed E-state index contributed by atoms with van der Waals surface area (Å²) in [5.74, 6) is 0.0712. The first-order chi connectivity index (χ1) is 18.2. The molecule has 2 N–H and O–H groups in total. The van der Waals surface area contributed by atoms with E-state index in [-0.39, 0.29) is 11.8 Å². The van der Waals surface area contributed by atoms with Crippen molar-refractivity contribution in [3.63, 3.8) is 0 Å². The van der Waals surface area contributed by atoms with Gasteiger partial charge in [-0.2, -0.15) is 10.2 Å². The maximum atomic E-state index is 12.5. The molecule has 5 rings (SSSR count). The standard InChI is InChI=1S/C28H26F3N5OS/c1-17-4-3-5-18(2)26(17)34-27(38)35-32-15-19-6-12-23-20(14-19)7-13-25-24(23)16-33-36(25)21-8-10-22(11-9-21)37-28(29,30)31/h3-6,8-12,14-17,26H,7,13H2,1-2H3,(H2,34,35,38)/b32-15-. The maximum Gasteiger partial charge on any atom is 0.573 e. The highest BCUT2D eigenvalue weighted by atomic mass is 32.1. The molecule has 2 aliphatic carbocycles. The van der Waals surface area contributed by atoms with E-state index in [2.05, 4.69) is 63.8 Å². The summed E-state index contributed by atoms with van der Waals surface area (Å²) >= 11 is 5.42. The van der Waals surface area contributed by atoms with Crippen molar-refractivity contribution in [3.8, 4) is 22.6 Å². The fourth-order valence-corrected chi connectivity index (χ4v) is 5.04. The number of nitrogens with zero attached hydrogens (tertiary/aromatic N) is 3. The number of aryl methyl sites for hydroxylation is 1. The first kappa shape index (κ1) is 25.7. The van der Waals surface area contributed by atoms with E-state index in [1.165, 1.54) is 23.3 Å². The van der Waals surface area contributed by atoms with Crippen molar-refractivity contribution in [2.75, 3.05) is 0 Å². The SMILES string of the molecule is CC1=CC=CC(C)C1NC(=S)N/N=C\c1ccc2c(c1)CCc1c-2cnn1-c1ccc(OC(F)(F)F)cc1. The van der Waals surface area contributed by atoms with Crippen LogP contribution in [0.4, 0.5) is 13.2 Å². The number of ether oxygens (including phenoxy) is 1. The number of hydrogen-bond acceptors (Lipinski definition) is 4. The Kier molecular flexibility index (Phi) is 7.07. The molecule has 0 saturated carbocycles. The molecule has 38 heavy (non-hydrogen) atoms. The van der Waals surface area contributed by atoms with Crippen molar-refractivity contribution < 1.29 is 17.9 Å². The Hall–Kier alpha value is -3.92. The zero-order valence-electron chi connectivity index (χ0n) is 20.8. The average molecular weight is 538 g/mol. The van der Waals surface area contributed by atoms with Gasteiger partial charge in [-0.3, -0.25) is 5.43 Å². The van der Waals surface area contributed by atoms with E-state index in [0.29, 0.717) is 16.7 Å². The maximum absolute atomic E-state index is 12.5. The summed E-state index contributed by atoms with van der Waals surface area (Å²) in [5, 5.41) is 12.6. The van der Waals surface area contributed by atoms with Gasteiger partial charge in [-0.25, -0.2) is 4.68 Å². The summed E-state index contributed by atoms with van der Waals surface area (Å²) in [6, 6.07) is 12.0. The van der Waals surface area contributed by atoms with Gasteiger partial charge in [-0.05, 0) is 84.9 Å². The molecule has 0 aliphatic heterocycles. The zero-order valence-corrected chi connectivity index (χ0v) is 21.6. The molecular weight excluding hydrogens is 511 g/mol. The lowest BCUT2D eigenvalue weighted by molar-refractivity contribution is -0.274. The van der Waals surface area contributed by atoms with Gasteiger partial charge >= 0.3 is 6.36 Å². The lowest BCUT2D eigenvalue weighted by atomic mass is 9.89. The molecule has 1 heterocycles. The fraction of sp³-hybridized carbons (Fsp3) is 0.250. The molecule has 6 nitrogen and oxygen atoms in total. The first-order valence-electron chi connectivity index (χ1n) is 12.2. The third kappa shape index (κ3) is 5.65. The van der Waals surface area contributed by atoms with Crippen LogP contribution in [0.25, 0.3) is 16.8 Å². The van der Waals surface area contributed by atoms with E-state index >= 15 is 0 Å². The summed E-state index contributed by atoms with van der Waals surface area (Å²) in [7, 11) is 0. The molecule has 0 radical (unpaired) electrons. The highest BCUT2D eigenvalue weighted by Crippen LogP contribution is 2.35. The second kappa shape index (κ2) is 10.4. The molecule has 2 aliphatic rings. The highest BCUT2D eigenvalue weighted by Gasteiger charge is 2.31. The first-order valence-corrected chi connectivity index (χ1v) is 12.6. The van der Waals surface area contributed by atoms with Crippen LogP contribution in [0.1, 0.15) is 30.7 Å². The van der Waals surface area contributed by atoms with Gasteiger partial charge in [0.25, 0.3) is 0 Å². The van der Waals surface area contributed by atoms with Gasteiger partial charge in [-0.1, -0.05) is 42.9 Å².